The molecule has 0 bridgehead atoms. The summed E-state index contributed by atoms with van der Waals surface area (Å²) < 4.78 is 0. The van der Waals surface area contributed by atoms with Crippen molar-refractivity contribution in [1.82, 2.24) is 0 Å². The monoisotopic (exact) mass is 155 g/mol. The summed E-state index contributed by atoms with van der Waals surface area (Å²) in [4.78, 5) is 0. The summed E-state index contributed by atoms with van der Waals surface area (Å²) in [6, 6.07) is 2.25. The van der Waals surface area contributed by atoms with Crippen LogP contribution in [0.3, 0.4) is 0 Å². The molecule has 0 spiro atoms. The van der Waals surface area contributed by atoms with Crippen LogP contribution in [0.2, 0.25) is 0 Å². The van der Waals surface area contributed by atoms with Gasteiger partial charge in [-0.05, 0) is 26.2 Å². The van der Waals surface area contributed by atoms with Gasteiger partial charge in [0, 0.05) is 0 Å². The van der Waals surface area contributed by atoms with Gasteiger partial charge in [-0.1, -0.05) is 13.8 Å². The van der Waals surface area contributed by atoms with E-state index in [1.807, 2.05) is 20.8 Å². The van der Waals surface area contributed by atoms with Crippen molar-refractivity contribution in [2.75, 3.05) is 0 Å². The minimum absolute atomic E-state index is 0.294. The molecular formula is C9H17NO. The Kier molecular flexibility index (Phi) is 3.54. The molecule has 2 nitrogen and oxygen atoms in total. The lowest BCUT2D eigenvalue weighted by Gasteiger charge is -2.26. The highest BCUT2D eigenvalue weighted by atomic mass is 16.3. The molecule has 0 aliphatic heterocycles. The number of hydrogen-bond acceptors (Lipinski definition) is 2. The van der Waals surface area contributed by atoms with Crippen molar-refractivity contribution < 1.29 is 5.11 Å². The minimum Gasteiger partial charge on any atom is -0.393 e. The predicted octanol–water partition coefficient (Wildman–Crippen LogP) is 1.94. The van der Waals surface area contributed by atoms with E-state index >= 15 is 0 Å². The highest BCUT2D eigenvalue weighted by Crippen LogP contribution is 2.31. The summed E-state index contributed by atoms with van der Waals surface area (Å²) in [6.07, 6.45) is 0.170. The summed E-state index contributed by atoms with van der Waals surface area (Å²) in [5.41, 5.74) is -0.381. The lowest BCUT2D eigenvalue weighted by atomic mass is 9.76. The van der Waals surface area contributed by atoms with Crippen LogP contribution < -0.4 is 0 Å². The zero-order valence-corrected chi connectivity index (χ0v) is 7.76. The van der Waals surface area contributed by atoms with E-state index in [1.54, 1.807) is 6.92 Å². The maximum atomic E-state index is 9.12. The second-order valence-electron chi connectivity index (χ2n) is 3.74. The van der Waals surface area contributed by atoms with Crippen LogP contribution in [0, 0.1) is 22.7 Å². The van der Waals surface area contributed by atoms with Gasteiger partial charge >= 0.3 is 0 Å². The van der Waals surface area contributed by atoms with Gasteiger partial charge in [0.05, 0.1) is 17.6 Å². The van der Waals surface area contributed by atoms with Gasteiger partial charge < -0.3 is 5.11 Å². The van der Waals surface area contributed by atoms with Gasteiger partial charge in [-0.2, -0.15) is 5.26 Å². The van der Waals surface area contributed by atoms with Crippen molar-refractivity contribution in [3.05, 3.63) is 0 Å². The Balaban J connectivity index is 4.26. The predicted molar refractivity (Wildman–Crippen MR) is 44.9 cm³/mol. The fourth-order valence-electron chi connectivity index (χ4n) is 1.02. The van der Waals surface area contributed by atoms with Gasteiger partial charge in [0.1, 0.15) is 0 Å². The highest BCUT2D eigenvalue weighted by molar-refractivity contribution is 4.98. The topological polar surface area (TPSA) is 44.0 Å². The van der Waals surface area contributed by atoms with Gasteiger partial charge in [-0.15, -0.1) is 0 Å². The Bertz CT molecular complexity index is 157. The molecule has 0 rings (SSSR count). The minimum atomic E-state index is -0.387. The summed E-state index contributed by atoms with van der Waals surface area (Å²) in [5, 5.41) is 18.0. The Morgan fingerprint density at radius 3 is 2.00 bits per heavy atom. The molecule has 0 aliphatic carbocycles. The van der Waals surface area contributed by atoms with E-state index in [0.717, 1.165) is 0 Å². The molecule has 0 heterocycles. The molecule has 0 saturated heterocycles. The zero-order valence-electron chi connectivity index (χ0n) is 7.76. The Morgan fingerprint density at radius 1 is 1.45 bits per heavy atom. The van der Waals surface area contributed by atoms with Gasteiger partial charge in [0.25, 0.3) is 0 Å². The molecule has 0 aromatic carbocycles. The first-order valence-electron chi connectivity index (χ1n) is 4.01. The van der Waals surface area contributed by atoms with Crippen LogP contribution in [0.5, 0.6) is 0 Å². The second-order valence-corrected chi connectivity index (χ2v) is 3.74. The van der Waals surface area contributed by atoms with Crippen LogP contribution in [0.1, 0.15) is 34.1 Å². The van der Waals surface area contributed by atoms with Crippen LogP contribution >= 0.6 is 0 Å². The summed E-state index contributed by atoms with van der Waals surface area (Å²) >= 11 is 0. The maximum absolute atomic E-state index is 9.12. The third kappa shape index (κ3) is 2.90. The largest absolute Gasteiger partial charge is 0.393 e. The lowest BCUT2D eigenvalue weighted by Crippen LogP contribution is -2.25. The number of nitrogens with zero attached hydrogens (tertiary/aromatic N) is 1. The standard InChI is InChI=1S/C9H17NO/c1-7(2)9(4,6-10)5-8(3)11/h7-8,11H,5H2,1-4H3/t8?,9-/m1/s1. The molecule has 0 saturated carbocycles. The zero-order chi connectivity index (χ0) is 9.07. The molecule has 2 atom stereocenters. The molecule has 0 aromatic heterocycles. The van der Waals surface area contributed by atoms with Crippen molar-refractivity contribution in [2.45, 2.75) is 40.2 Å². The third-order valence-corrected chi connectivity index (χ3v) is 2.25. The normalized spacial score (nSPS) is 19.0. The highest BCUT2D eigenvalue weighted by Gasteiger charge is 2.29. The number of aliphatic hydroxyl groups is 1. The molecule has 2 heteroatoms. The van der Waals surface area contributed by atoms with Crippen LogP contribution in [-0.2, 0) is 0 Å². The average molecular weight is 155 g/mol. The van der Waals surface area contributed by atoms with Crippen molar-refractivity contribution in [3.8, 4) is 6.07 Å². The van der Waals surface area contributed by atoms with E-state index in [0.29, 0.717) is 12.3 Å². The molecule has 0 amide bonds. The number of rotatable bonds is 3. The fourth-order valence-corrected chi connectivity index (χ4v) is 1.02. The van der Waals surface area contributed by atoms with Crippen molar-refractivity contribution in [3.63, 3.8) is 0 Å². The van der Waals surface area contributed by atoms with Crippen molar-refractivity contribution in [1.29, 1.82) is 5.26 Å². The smallest absolute Gasteiger partial charge is 0.0690 e. The fraction of sp³-hybridized carbons (Fsp3) is 0.889. The van der Waals surface area contributed by atoms with E-state index in [2.05, 4.69) is 6.07 Å². The van der Waals surface area contributed by atoms with Crippen molar-refractivity contribution in [2.24, 2.45) is 11.3 Å². The van der Waals surface area contributed by atoms with Gasteiger partial charge in [0.2, 0.25) is 0 Å². The number of hydrogen-bond donors (Lipinski definition) is 1. The molecule has 0 fully saturated rings. The Hall–Kier alpha value is -0.550. The molecule has 1 N–H and O–H groups in total. The third-order valence-electron chi connectivity index (χ3n) is 2.25. The summed E-state index contributed by atoms with van der Waals surface area (Å²) in [6.45, 7) is 7.62. The SMILES string of the molecule is CC(O)C[C@](C)(C#N)C(C)C. The van der Waals surface area contributed by atoms with E-state index < -0.39 is 0 Å². The van der Waals surface area contributed by atoms with E-state index in [4.69, 9.17) is 10.4 Å². The van der Waals surface area contributed by atoms with Crippen LogP contribution in [0.25, 0.3) is 0 Å². The number of nitriles is 1. The van der Waals surface area contributed by atoms with Gasteiger partial charge in [-0.25, -0.2) is 0 Å². The van der Waals surface area contributed by atoms with E-state index in [1.165, 1.54) is 0 Å². The van der Waals surface area contributed by atoms with Crippen LogP contribution in [-0.4, -0.2) is 11.2 Å². The average Bonchev–Trinajstić information content (AvgIpc) is 1.86. The molecule has 11 heavy (non-hydrogen) atoms. The van der Waals surface area contributed by atoms with Crippen LogP contribution in [0.4, 0.5) is 0 Å². The van der Waals surface area contributed by atoms with Gasteiger partial charge in [0.15, 0.2) is 0 Å². The van der Waals surface area contributed by atoms with Crippen molar-refractivity contribution >= 4 is 0 Å². The lowest BCUT2D eigenvalue weighted by molar-refractivity contribution is 0.123. The quantitative estimate of drug-likeness (QED) is 0.677. The molecule has 0 radical (unpaired) electrons. The molecule has 0 aromatic rings. The summed E-state index contributed by atoms with van der Waals surface area (Å²) in [7, 11) is 0. The molecular weight excluding hydrogens is 138 g/mol. The van der Waals surface area contributed by atoms with Gasteiger partial charge in [-0.3, -0.25) is 0 Å². The molecule has 64 valence electrons. The first-order valence-corrected chi connectivity index (χ1v) is 4.01. The van der Waals surface area contributed by atoms with E-state index in [9.17, 15) is 0 Å². The summed E-state index contributed by atoms with van der Waals surface area (Å²) in [5.74, 6) is 0.294. The van der Waals surface area contributed by atoms with Crippen LogP contribution in [0.15, 0.2) is 0 Å². The molecule has 0 aliphatic rings. The first-order chi connectivity index (χ1) is 4.92. The maximum Gasteiger partial charge on any atom is 0.0690 e. The van der Waals surface area contributed by atoms with E-state index in [-0.39, 0.29) is 11.5 Å². The Morgan fingerprint density at radius 2 is 1.91 bits per heavy atom. The second kappa shape index (κ2) is 3.73. The number of aliphatic hydroxyl groups excluding tert-OH is 1. The Labute approximate surface area is 68.8 Å². The molecule has 1 unspecified atom stereocenters. The first kappa shape index (κ1) is 10.4.